The molecule has 3 aromatic carbocycles. The van der Waals surface area contributed by atoms with E-state index in [1.54, 1.807) is 0 Å². The number of benzene rings is 3. The van der Waals surface area contributed by atoms with Crippen LogP contribution >= 0.6 is 0 Å². The van der Waals surface area contributed by atoms with Crippen molar-refractivity contribution in [2.45, 2.75) is 159 Å². The number of allylic oxidation sites excluding steroid dienone is 3. The maximum absolute atomic E-state index is 13.2. The first kappa shape index (κ1) is 70.6. The fourth-order valence-electron chi connectivity index (χ4n) is 8.80. The van der Waals surface area contributed by atoms with Crippen molar-refractivity contribution in [3.63, 3.8) is 0 Å². The molecule has 2 aliphatic rings. The van der Waals surface area contributed by atoms with Crippen LogP contribution in [0.5, 0.6) is 0 Å². The van der Waals surface area contributed by atoms with Crippen LogP contribution in [0.4, 0.5) is 11.4 Å². The molecule has 2 heterocycles. The number of hydrogen-bond acceptors (Lipinski definition) is 13. The number of ether oxygens (including phenoxy) is 2. The molecule has 0 radical (unpaired) electrons. The van der Waals surface area contributed by atoms with E-state index in [0.29, 0.717) is 63.8 Å². The van der Waals surface area contributed by atoms with Gasteiger partial charge in [-0.3, -0.25) is 34.3 Å². The van der Waals surface area contributed by atoms with Gasteiger partial charge in [0.1, 0.15) is 6.29 Å². The van der Waals surface area contributed by atoms with E-state index in [0.717, 1.165) is 110 Å². The Morgan fingerprint density at radius 1 is 0.864 bits per heavy atom. The normalized spacial score (nSPS) is 15.8. The first-order valence-corrected chi connectivity index (χ1v) is 29.5. The van der Waals surface area contributed by atoms with Gasteiger partial charge in [-0.05, 0) is 140 Å². The van der Waals surface area contributed by atoms with E-state index in [1.165, 1.54) is 43.9 Å². The molecule has 3 aromatic rings. The Kier molecular flexibility index (Phi) is 35.4. The number of imide groups is 1. The Hall–Kier alpha value is -6.49. The minimum absolute atomic E-state index is 0.0164. The number of anilines is 2. The Bertz CT molecular complexity index is 2450. The van der Waals surface area contributed by atoms with Crippen molar-refractivity contribution < 1.29 is 38.2 Å². The highest BCUT2D eigenvalue weighted by atomic mass is 16.5. The largest absolute Gasteiger partial charge is 0.399 e. The molecule has 5 rings (SSSR count). The maximum atomic E-state index is 13.2. The van der Waals surface area contributed by atoms with E-state index in [9.17, 15) is 24.0 Å². The van der Waals surface area contributed by atoms with Crippen molar-refractivity contribution in [3.8, 4) is 11.1 Å². The summed E-state index contributed by atoms with van der Waals surface area (Å²) >= 11 is 0. The highest BCUT2D eigenvalue weighted by molar-refractivity contribution is 6.04. The predicted molar refractivity (Wildman–Crippen MR) is 332 cm³/mol. The molecule has 3 atom stereocenters. The summed E-state index contributed by atoms with van der Waals surface area (Å²) < 4.78 is 11.0. The SMILES string of the molecule is CC1CCC(=O)NC1=O.CC=O.CCC(C)C(=O)c1cccc(NC2CCN(CCOCCOCCNC=O)CC2)c1C.CCCCCCN(CC)/C(C)=C/C(=N/C(C)=C(\C)CC)C(C)NC(=O)c1ccc(-c2ccc(N)cc2)cc1. The van der Waals surface area contributed by atoms with Crippen LogP contribution in [0.3, 0.4) is 0 Å². The second-order valence-corrected chi connectivity index (χ2v) is 20.9. The average molecular weight is 1120 g/mol. The lowest BCUT2D eigenvalue weighted by Crippen LogP contribution is -2.40. The van der Waals surface area contributed by atoms with Gasteiger partial charge < -0.3 is 45.8 Å². The zero-order chi connectivity index (χ0) is 60.1. The van der Waals surface area contributed by atoms with Crippen molar-refractivity contribution in [2.24, 2.45) is 16.8 Å². The summed E-state index contributed by atoms with van der Waals surface area (Å²) in [4.78, 5) is 75.7. The number of nitrogens with two attached hydrogens (primary N) is 1. The summed E-state index contributed by atoms with van der Waals surface area (Å²) in [7, 11) is 0. The van der Waals surface area contributed by atoms with Gasteiger partial charge in [-0.1, -0.05) is 95.9 Å². The third kappa shape index (κ3) is 27.2. The van der Waals surface area contributed by atoms with Crippen LogP contribution in [0.2, 0.25) is 0 Å². The first-order valence-electron chi connectivity index (χ1n) is 29.5. The fourth-order valence-corrected chi connectivity index (χ4v) is 8.80. The van der Waals surface area contributed by atoms with Gasteiger partial charge in [0.05, 0.1) is 38.2 Å². The average Bonchev–Trinajstić information content (AvgIpc) is 3.50. The molecule has 6 N–H and O–H groups in total. The molecule has 3 unspecified atom stereocenters. The van der Waals surface area contributed by atoms with Crippen LogP contribution in [0, 0.1) is 18.8 Å². The molecule has 0 aromatic heterocycles. The lowest BCUT2D eigenvalue weighted by atomic mass is 9.93. The number of piperidine rings is 2. The maximum Gasteiger partial charge on any atom is 0.251 e. The van der Waals surface area contributed by atoms with Crippen LogP contribution in [0.15, 0.2) is 94.8 Å². The highest BCUT2D eigenvalue weighted by Crippen LogP contribution is 2.26. The molecule has 0 saturated carbocycles. The number of rotatable bonds is 29. The van der Waals surface area contributed by atoms with Gasteiger partial charge >= 0.3 is 0 Å². The summed E-state index contributed by atoms with van der Waals surface area (Å²) in [6, 6.07) is 21.6. The van der Waals surface area contributed by atoms with E-state index in [2.05, 4.69) is 91.7 Å². The van der Waals surface area contributed by atoms with E-state index >= 15 is 0 Å². The van der Waals surface area contributed by atoms with Gasteiger partial charge in [0, 0.05) is 97.5 Å². The Balaban J connectivity index is 0.000000464. The van der Waals surface area contributed by atoms with Gasteiger partial charge in [-0.15, -0.1) is 0 Å². The standard InChI is InChI=1S/C33H48N4O.C24H39N3O4.C6H9NO2.C2H4O/c1-8-11-12-13-22-37(10-3)25(5)23-32(35-26(6)24(4)9-2)27(7)36-33(38)30-16-14-28(15-17-30)29-18-20-31(34)21-19-29;1-4-19(2)24(29)22-6-5-7-23(20(22)3)26-21-8-11-27(12-9-21)13-15-31-17-16-30-14-10-25-18-28;1-4-2-3-5(8)7-6(4)9;1-2-3/h14-21,23,27H,8-13,22,34H2,1-7H3,(H,36,38);5-7,18-19,21,26H,4,8-17H2,1-3H3,(H,25,28);4H,2-3H2,1H3,(H,7,8,9);2H,1H3/b25-23+,26-24+,35-32-;;;. The molecule has 81 heavy (non-hydrogen) atoms. The monoisotopic (exact) mass is 1120 g/mol. The summed E-state index contributed by atoms with van der Waals surface area (Å²) in [5.74, 6) is -0.0696. The summed E-state index contributed by atoms with van der Waals surface area (Å²) in [6.45, 7) is 32.1. The Morgan fingerprint density at radius 2 is 1.49 bits per heavy atom. The number of nitrogens with one attached hydrogen (secondary N) is 4. The molecule has 2 fully saturated rings. The number of nitrogen functional groups attached to an aromatic ring is 1. The van der Waals surface area contributed by atoms with E-state index < -0.39 is 0 Å². The summed E-state index contributed by atoms with van der Waals surface area (Å²) in [5.41, 5.74) is 16.6. The number of aldehydes is 1. The number of amides is 4. The predicted octanol–water partition coefficient (Wildman–Crippen LogP) is 11.1. The lowest BCUT2D eigenvalue weighted by molar-refractivity contribution is -0.135. The minimum Gasteiger partial charge on any atom is -0.399 e. The Labute approximate surface area is 485 Å². The number of nitrogens with zero attached hydrogens (tertiary/aromatic N) is 3. The van der Waals surface area contributed by atoms with Crippen molar-refractivity contribution in [1.82, 2.24) is 25.8 Å². The van der Waals surface area contributed by atoms with Crippen LogP contribution in [-0.2, 0) is 28.7 Å². The minimum atomic E-state index is -0.243. The van der Waals surface area contributed by atoms with Crippen LogP contribution in [-0.4, -0.2) is 129 Å². The van der Waals surface area contributed by atoms with Gasteiger partial charge in [0.2, 0.25) is 18.2 Å². The molecule has 448 valence electrons. The van der Waals surface area contributed by atoms with Crippen LogP contribution in [0.1, 0.15) is 167 Å². The lowest BCUT2D eigenvalue weighted by Gasteiger charge is -2.33. The molecule has 2 saturated heterocycles. The van der Waals surface area contributed by atoms with Gasteiger partial charge in [-0.25, -0.2) is 0 Å². The van der Waals surface area contributed by atoms with Crippen molar-refractivity contribution in [2.75, 3.05) is 76.7 Å². The smallest absolute Gasteiger partial charge is 0.251 e. The van der Waals surface area contributed by atoms with Crippen molar-refractivity contribution in [1.29, 1.82) is 0 Å². The molecular weight excluding hydrogens is 1020 g/mol. The zero-order valence-corrected chi connectivity index (χ0v) is 51.2. The number of carbonyl (C=O) groups is 6. The van der Waals surface area contributed by atoms with Gasteiger partial charge in [-0.2, -0.15) is 0 Å². The number of aliphatic imine (C=N–C) groups is 1. The first-order chi connectivity index (χ1) is 38.9. The number of Topliss-reactive ketones (excluding diaryl/α,β-unsaturated/α-hetero) is 1. The molecule has 0 aliphatic carbocycles. The summed E-state index contributed by atoms with van der Waals surface area (Å²) in [5, 5.41) is 11.7. The number of carbonyl (C=O) groups excluding carboxylic acids is 6. The molecule has 16 nitrogen and oxygen atoms in total. The van der Waals surface area contributed by atoms with E-state index in [-0.39, 0.29) is 41.4 Å². The Morgan fingerprint density at radius 3 is 2.06 bits per heavy atom. The van der Waals surface area contributed by atoms with Gasteiger partial charge in [0.15, 0.2) is 5.78 Å². The third-order valence-corrected chi connectivity index (χ3v) is 14.7. The fraction of sp³-hybridized carbons (Fsp3) is 0.554. The van der Waals surface area contributed by atoms with Crippen molar-refractivity contribution in [3.05, 3.63) is 106 Å². The van der Waals surface area contributed by atoms with Crippen LogP contribution < -0.4 is 27.0 Å². The van der Waals surface area contributed by atoms with Crippen LogP contribution in [0.25, 0.3) is 11.1 Å². The molecule has 0 spiro atoms. The number of unbranched alkanes of at least 4 members (excludes halogenated alkanes) is 3. The van der Waals surface area contributed by atoms with Crippen molar-refractivity contribution >= 4 is 53.3 Å². The topological polar surface area (TPSA) is 214 Å². The number of ketones is 1. The van der Waals surface area contributed by atoms with Gasteiger partial charge in [0.25, 0.3) is 5.91 Å². The molecule has 0 bridgehead atoms. The zero-order valence-electron chi connectivity index (χ0n) is 51.2. The molecular formula is C65H100N8O8. The second-order valence-electron chi connectivity index (χ2n) is 20.9. The molecule has 4 amide bonds. The number of likely N-dealkylation sites (tertiary alicyclic amines) is 1. The second kappa shape index (κ2) is 40.6. The quantitative estimate of drug-likeness (QED) is 0.0110. The third-order valence-electron chi connectivity index (χ3n) is 14.7. The molecule has 2 aliphatic heterocycles. The number of hydrogen-bond donors (Lipinski definition) is 5. The molecule has 16 heteroatoms. The van der Waals surface area contributed by atoms with E-state index in [1.807, 2.05) is 88.4 Å². The van der Waals surface area contributed by atoms with E-state index in [4.69, 9.17) is 25.0 Å². The highest BCUT2D eigenvalue weighted by Gasteiger charge is 2.23. The summed E-state index contributed by atoms with van der Waals surface area (Å²) in [6.07, 6.45) is 13.7.